The van der Waals surface area contributed by atoms with Gasteiger partial charge in [-0.3, -0.25) is 0 Å². The lowest BCUT2D eigenvalue weighted by molar-refractivity contribution is 0.385. The maximum atomic E-state index is 13.0. The molecule has 24 heavy (non-hydrogen) atoms. The van der Waals surface area contributed by atoms with Crippen LogP contribution < -0.4 is 4.74 Å². The van der Waals surface area contributed by atoms with Crippen molar-refractivity contribution in [1.29, 1.82) is 0 Å². The summed E-state index contributed by atoms with van der Waals surface area (Å²) in [4.78, 5) is 4.74. The van der Waals surface area contributed by atoms with Crippen molar-refractivity contribution in [3.8, 4) is 5.88 Å². The van der Waals surface area contributed by atoms with Crippen molar-refractivity contribution < 1.29 is 13.2 Å². The Bertz CT molecular complexity index is 832. The average Bonchev–Trinajstić information content (AvgIpc) is 3.05. The minimum absolute atomic E-state index is 0.172. The molecule has 0 N–H and O–H groups in total. The number of aromatic nitrogens is 1. The van der Waals surface area contributed by atoms with Crippen LogP contribution in [-0.4, -0.2) is 31.4 Å². The van der Waals surface area contributed by atoms with Crippen molar-refractivity contribution in [2.45, 2.75) is 37.6 Å². The van der Waals surface area contributed by atoms with Crippen LogP contribution in [-0.2, 0) is 10.0 Å². The van der Waals surface area contributed by atoms with Crippen LogP contribution in [0, 0.1) is 13.8 Å². The van der Waals surface area contributed by atoms with E-state index < -0.39 is 10.0 Å². The molecule has 2 heterocycles. The van der Waals surface area contributed by atoms with Gasteiger partial charge in [0.15, 0.2) is 0 Å². The lowest BCUT2D eigenvalue weighted by Crippen LogP contribution is -2.31. The molecule has 0 spiro atoms. The van der Waals surface area contributed by atoms with Crippen molar-refractivity contribution in [2.24, 2.45) is 0 Å². The van der Waals surface area contributed by atoms with Gasteiger partial charge in [0.05, 0.1) is 18.0 Å². The molecule has 2 aromatic rings. The third kappa shape index (κ3) is 3.03. The minimum atomic E-state index is -3.51. The highest BCUT2D eigenvalue weighted by Gasteiger charge is 2.37. The SMILES string of the molecule is COc1ccc(C2CCCN2S(=O)(=O)c2ccc(C)cc2)c(C)n1. The van der Waals surface area contributed by atoms with Crippen LogP contribution in [0.4, 0.5) is 0 Å². The Labute approximate surface area is 143 Å². The number of aryl methyl sites for hydroxylation is 2. The number of hydrogen-bond acceptors (Lipinski definition) is 4. The summed E-state index contributed by atoms with van der Waals surface area (Å²) in [6.07, 6.45) is 1.65. The first-order chi connectivity index (χ1) is 11.4. The maximum Gasteiger partial charge on any atom is 0.243 e. The minimum Gasteiger partial charge on any atom is -0.481 e. The van der Waals surface area contributed by atoms with E-state index in [9.17, 15) is 8.42 Å². The Morgan fingerprint density at radius 2 is 1.83 bits per heavy atom. The number of sulfonamides is 1. The van der Waals surface area contributed by atoms with E-state index in [-0.39, 0.29) is 6.04 Å². The molecule has 1 saturated heterocycles. The molecule has 128 valence electrons. The lowest BCUT2D eigenvalue weighted by atomic mass is 10.0. The van der Waals surface area contributed by atoms with Crippen LogP contribution in [0.3, 0.4) is 0 Å². The summed E-state index contributed by atoms with van der Waals surface area (Å²) in [5.74, 6) is 0.544. The molecule has 0 bridgehead atoms. The first kappa shape index (κ1) is 16.9. The monoisotopic (exact) mass is 346 g/mol. The fraction of sp³-hybridized carbons (Fsp3) is 0.389. The molecule has 1 unspecified atom stereocenters. The van der Waals surface area contributed by atoms with E-state index in [4.69, 9.17) is 4.74 Å². The highest BCUT2D eigenvalue weighted by atomic mass is 32.2. The van der Waals surface area contributed by atoms with Gasteiger partial charge >= 0.3 is 0 Å². The van der Waals surface area contributed by atoms with Gasteiger partial charge < -0.3 is 4.74 Å². The molecule has 0 amide bonds. The maximum absolute atomic E-state index is 13.0. The van der Waals surface area contributed by atoms with E-state index in [1.54, 1.807) is 29.6 Å². The van der Waals surface area contributed by atoms with Gasteiger partial charge in [-0.15, -0.1) is 0 Å². The molecule has 6 heteroatoms. The van der Waals surface area contributed by atoms with Gasteiger partial charge in [-0.25, -0.2) is 13.4 Å². The third-order valence-electron chi connectivity index (χ3n) is 4.50. The highest BCUT2D eigenvalue weighted by Crippen LogP contribution is 2.37. The second-order valence-electron chi connectivity index (χ2n) is 6.12. The van der Waals surface area contributed by atoms with Crippen LogP contribution in [0.25, 0.3) is 0 Å². The molecule has 1 aliphatic heterocycles. The number of ether oxygens (including phenoxy) is 1. The highest BCUT2D eigenvalue weighted by molar-refractivity contribution is 7.89. The summed E-state index contributed by atoms with van der Waals surface area (Å²) in [5, 5.41) is 0. The number of benzene rings is 1. The molecule has 0 radical (unpaired) electrons. The topological polar surface area (TPSA) is 59.5 Å². The molecule has 1 aliphatic rings. The summed E-state index contributed by atoms with van der Waals surface area (Å²) in [5.41, 5.74) is 2.80. The molecule has 0 saturated carbocycles. The van der Waals surface area contributed by atoms with Gasteiger partial charge in [-0.05, 0) is 44.4 Å². The Balaban J connectivity index is 1.97. The van der Waals surface area contributed by atoms with Gasteiger partial charge in [-0.1, -0.05) is 23.8 Å². The van der Waals surface area contributed by atoms with Crippen LogP contribution in [0.5, 0.6) is 5.88 Å². The largest absolute Gasteiger partial charge is 0.481 e. The molecule has 1 fully saturated rings. The first-order valence-electron chi connectivity index (χ1n) is 8.03. The molecule has 1 atom stereocenters. The number of pyridine rings is 1. The quantitative estimate of drug-likeness (QED) is 0.853. The standard InChI is InChI=1S/C18H22N2O3S/c1-13-6-8-15(9-7-13)24(21,22)20-12-4-5-17(20)16-10-11-18(23-3)19-14(16)2/h6-11,17H,4-5,12H2,1-3H3. The average molecular weight is 346 g/mol. The molecular weight excluding hydrogens is 324 g/mol. The number of nitrogens with zero attached hydrogens (tertiary/aromatic N) is 2. The van der Waals surface area contributed by atoms with E-state index in [2.05, 4.69) is 4.98 Å². The zero-order valence-electron chi connectivity index (χ0n) is 14.2. The zero-order valence-corrected chi connectivity index (χ0v) is 15.0. The molecule has 3 rings (SSSR count). The second kappa shape index (κ2) is 6.53. The molecule has 1 aromatic carbocycles. The second-order valence-corrected chi connectivity index (χ2v) is 8.01. The Hall–Kier alpha value is -1.92. The number of hydrogen-bond donors (Lipinski definition) is 0. The molecule has 5 nitrogen and oxygen atoms in total. The third-order valence-corrected chi connectivity index (χ3v) is 6.42. The van der Waals surface area contributed by atoms with Crippen molar-refractivity contribution in [2.75, 3.05) is 13.7 Å². The number of methoxy groups -OCH3 is 1. The Morgan fingerprint density at radius 1 is 1.12 bits per heavy atom. The van der Waals surface area contributed by atoms with E-state index in [0.717, 1.165) is 29.7 Å². The smallest absolute Gasteiger partial charge is 0.243 e. The van der Waals surface area contributed by atoms with E-state index >= 15 is 0 Å². The van der Waals surface area contributed by atoms with Crippen LogP contribution in [0.2, 0.25) is 0 Å². The van der Waals surface area contributed by atoms with Crippen molar-refractivity contribution >= 4 is 10.0 Å². The Kier molecular flexibility index (Phi) is 4.60. The van der Waals surface area contributed by atoms with E-state index in [1.807, 2.05) is 32.0 Å². The first-order valence-corrected chi connectivity index (χ1v) is 9.47. The summed E-state index contributed by atoms with van der Waals surface area (Å²) >= 11 is 0. The van der Waals surface area contributed by atoms with Crippen molar-refractivity contribution in [3.63, 3.8) is 0 Å². The zero-order chi connectivity index (χ0) is 17.3. The van der Waals surface area contributed by atoms with Gasteiger partial charge in [0.2, 0.25) is 15.9 Å². The van der Waals surface area contributed by atoms with Crippen LogP contribution in [0.1, 0.15) is 35.7 Å². The fourth-order valence-electron chi connectivity index (χ4n) is 3.20. The van der Waals surface area contributed by atoms with Gasteiger partial charge in [0.25, 0.3) is 0 Å². The van der Waals surface area contributed by atoms with Gasteiger partial charge in [0, 0.05) is 18.3 Å². The predicted octanol–water partition coefficient (Wildman–Crippen LogP) is 3.23. The molecule has 0 aliphatic carbocycles. The summed E-state index contributed by atoms with van der Waals surface area (Å²) in [6, 6.07) is 10.6. The van der Waals surface area contributed by atoms with Gasteiger partial charge in [0.1, 0.15) is 0 Å². The summed E-state index contributed by atoms with van der Waals surface area (Å²) < 4.78 is 32.8. The summed E-state index contributed by atoms with van der Waals surface area (Å²) in [6.45, 7) is 4.38. The van der Waals surface area contributed by atoms with Gasteiger partial charge in [-0.2, -0.15) is 4.31 Å². The van der Waals surface area contributed by atoms with Crippen molar-refractivity contribution in [1.82, 2.24) is 9.29 Å². The van der Waals surface area contributed by atoms with Crippen LogP contribution in [0.15, 0.2) is 41.3 Å². The van der Waals surface area contributed by atoms with E-state index in [0.29, 0.717) is 17.3 Å². The number of rotatable bonds is 4. The van der Waals surface area contributed by atoms with E-state index in [1.165, 1.54) is 0 Å². The normalized spacial score (nSPS) is 18.7. The van der Waals surface area contributed by atoms with Crippen LogP contribution >= 0.6 is 0 Å². The molecular formula is C18H22N2O3S. The Morgan fingerprint density at radius 3 is 2.46 bits per heavy atom. The van der Waals surface area contributed by atoms with Crippen molar-refractivity contribution in [3.05, 3.63) is 53.2 Å². The fourth-order valence-corrected chi connectivity index (χ4v) is 4.87. The predicted molar refractivity (Wildman–Crippen MR) is 92.6 cm³/mol. The lowest BCUT2D eigenvalue weighted by Gasteiger charge is -2.25. The molecule has 1 aromatic heterocycles. The summed E-state index contributed by atoms with van der Waals surface area (Å²) in [7, 11) is -1.94.